The van der Waals surface area contributed by atoms with Crippen LogP contribution in [0.5, 0.6) is 5.75 Å². The number of hydrogen-bond acceptors (Lipinski definition) is 3. The first kappa shape index (κ1) is 18.6. The van der Waals surface area contributed by atoms with Gasteiger partial charge >= 0.3 is 0 Å². The number of ether oxygens (including phenoxy) is 1. The number of nitrogens with one attached hydrogen (secondary N) is 1. The molecule has 0 atom stereocenters. The monoisotopic (exact) mass is 372 g/mol. The first-order valence-electron chi connectivity index (χ1n) is 7.23. The number of allylic oxidation sites excluding steroid dienone is 2. The average Bonchev–Trinajstić information content (AvgIpc) is 2.61. The number of anilines is 1. The molecule has 0 aliphatic heterocycles. The van der Waals surface area contributed by atoms with E-state index in [1.165, 1.54) is 12.1 Å². The summed E-state index contributed by atoms with van der Waals surface area (Å²) in [6.07, 6.45) is 4.78. The van der Waals surface area contributed by atoms with Crippen molar-refractivity contribution >= 4 is 40.9 Å². The summed E-state index contributed by atoms with van der Waals surface area (Å²) in [7, 11) is 1.58. The van der Waals surface area contributed by atoms with Gasteiger partial charge in [-0.15, -0.1) is 0 Å². The highest BCUT2D eigenvalue weighted by atomic mass is 35.5. The van der Waals surface area contributed by atoms with Crippen LogP contribution in [0.15, 0.2) is 60.2 Å². The van der Waals surface area contributed by atoms with Crippen LogP contribution < -0.4 is 10.1 Å². The molecule has 4 nitrogen and oxygen atoms in total. The normalized spacial score (nSPS) is 11.2. The second kappa shape index (κ2) is 8.93. The van der Waals surface area contributed by atoms with Crippen molar-refractivity contribution in [3.05, 3.63) is 75.8 Å². The molecule has 0 fully saturated rings. The van der Waals surface area contributed by atoms with Gasteiger partial charge in [-0.2, -0.15) is 5.26 Å². The van der Waals surface area contributed by atoms with E-state index in [1.54, 1.807) is 31.4 Å². The zero-order valence-corrected chi connectivity index (χ0v) is 14.8. The van der Waals surface area contributed by atoms with Crippen molar-refractivity contribution in [2.45, 2.75) is 0 Å². The van der Waals surface area contributed by atoms with Crippen LogP contribution in [0.3, 0.4) is 0 Å². The minimum Gasteiger partial charge on any atom is -0.496 e. The Kier molecular flexibility index (Phi) is 6.64. The van der Waals surface area contributed by atoms with Gasteiger partial charge in [0, 0.05) is 10.6 Å². The molecule has 1 amide bonds. The van der Waals surface area contributed by atoms with Crippen LogP contribution in [0.1, 0.15) is 5.56 Å². The quantitative estimate of drug-likeness (QED) is 0.450. The highest BCUT2D eigenvalue weighted by Gasteiger charge is 2.10. The van der Waals surface area contributed by atoms with Gasteiger partial charge in [0.15, 0.2) is 0 Å². The van der Waals surface area contributed by atoms with E-state index in [2.05, 4.69) is 5.32 Å². The third kappa shape index (κ3) is 5.12. The molecule has 2 aromatic rings. The number of nitrogens with zero attached hydrogens (tertiary/aromatic N) is 1. The Labute approximate surface area is 155 Å². The Morgan fingerprint density at radius 2 is 2.00 bits per heavy atom. The molecule has 0 unspecified atom stereocenters. The standard InChI is InChI=1S/C19H14Cl2N2O2/c1-25-18-8-3-2-5-13(18)6-4-7-14(12-22)19(24)23-17-10-9-15(20)11-16(17)21/h2-11H,1H3,(H,23,24)/b6-4+,14-7+. The summed E-state index contributed by atoms with van der Waals surface area (Å²) in [6, 6.07) is 14.0. The summed E-state index contributed by atoms with van der Waals surface area (Å²) in [4.78, 5) is 12.2. The number of benzene rings is 2. The van der Waals surface area contributed by atoms with Gasteiger partial charge in [-0.25, -0.2) is 0 Å². The molecule has 126 valence electrons. The second-order valence-electron chi connectivity index (χ2n) is 4.87. The van der Waals surface area contributed by atoms with E-state index >= 15 is 0 Å². The van der Waals surface area contributed by atoms with E-state index in [9.17, 15) is 10.1 Å². The van der Waals surface area contributed by atoms with E-state index < -0.39 is 5.91 Å². The van der Waals surface area contributed by atoms with Crippen molar-refractivity contribution in [1.29, 1.82) is 5.26 Å². The number of para-hydroxylation sites is 1. The fourth-order valence-electron chi connectivity index (χ4n) is 2.00. The predicted octanol–water partition coefficient (Wildman–Crippen LogP) is 5.10. The molecular weight excluding hydrogens is 359 g/mol. The molecule has 2 aromatic carbocycles. The Hall–Kier alpha value is -2.74. The zero-order valence-electron chi connectivity index (χ0n) is 13.3. The molecule has 0 aromatic heterocycles. The second-order valence-corrected chi connectivity index (χ2v) is 5.72. The average molecular weight is 373 g/mol. The summed E-state index contributed by atoms with van der Waals surface area (Å²) in [5, 5.41) is 12.5. The van der Waals surface area contributed by atoms with Crippen molar-refractivity contribution < 1.29 is 9.53 Å². The number of carbonyl (C=O) groups is 1. The summed E-state index contributed by atoms with van der Waals surface area (Å²) < 4.78 is 5.24. The molecule has 0 radical (unpaired) electrons. The topological polar surface area (TPSA) is 62.1 Å². The molecule has 6 heteroatoms. The first-order valence-corrected chi connectivity index (χ1v) is 7.98. The maximum absolute atomic E-state index is 12.2. The van der Waals surface area contributed by atoms with Crippen molar-refractivity contribution in [2.75, 3.05) is 12.4 Å². The maximum atomic E-state index is 12.2. The van der Waals surface area contributed by atoms with Crippen molar-refractivity contribution in [3.8, 4) is 11.8 Å². The van der Waals surface area contributed by atoms with Crippen molar-refractivity contribution in [2.24, 2.45) is 0 Å². The van der Waals surface area contributed by atoms with Gasteiger partial charge in [-0.3, -0.25) is 4.79 Å². The lowest BCUT2D eigenvalue weighted by molar-refractivity contribution is -0.112. The summed E-state index contributed by atoms with van der Waals surface area (Å²) >= 11 is 11.8. The Bertz CT molecular complexity index is 883. The summed E-state index contributed by atoms with van der Waals surface area (Å²) in [5.74, 6) is 0.138. The lowest BCUT2D eigenvalue weighted by Crippen LogP contribution is -2.13. The van der Waals surface area contributed by atoms with Gasteiger partial charge in [0.05, 0.1) is 17.8 Å². The smallest absolute Gasteiger partial charge is 0.266 e. The minimum atomic E-state index is -0.559. The number of carbonyl (C=O) groups excluding carboxylic acids is 1. The number of halogens is 2. The van der Waals surface area contributed by atoms with Crippen LogP contribution >= 0.6 is 23.2 Å². The van der Waals surface area contributed by atoms with Crippen molar-refractivity contribution in [1.82, 2.24) is 0 Å². The van der Waals surface area contributed by atoms with Crippen molar-refractivity contribution in [3.63, 3.8) is 0 Å². The van der Waals surface area contributed by atoms with Crippen LogP contribution in [0.25, 0.3) is 6.08 Å². The van der Waals surface area contributed by atoms with Gasteiger partial charge in [0.2, 0.25) is 0 Å². The van der Waals surface area contributed by atoms with Gasteiger partial charge < -0.3 is 10.1 Å². The minimum absolute atomic E-state index is 0.0582. The fraction of sp³-hybridized carbons (Fsp3) is 0.0526. The number of hydrogen-bond donors (Lipinski definition) is 1. The molecule has 0 spiro atoms. The molecule has 0 saturated heterocycles. The Morgan fingerprint density at radius 1 is 1.24 bits per heavy atom. The number of amides is 1. The van der Waals surface area contributed by atoms with Crippen LogP contribution in [0.2, 0.25) is 10.0 Å². The largest absolute Gasteiger partial charge is 0.496 e. The summed E-state index contributed by atoms with van der Waals surface area (Å²) in [6.45, 7) is 0. The zero-order chi connectivity index (χ0) is 18.2. The summed E-state index contributed by atoms with van der Waals surface area (Å²) in [5.41, 5.74) is 1.16. The number of methoxy groups -OCH3 is 1. The Morgan fingerprint density at radius 3 is 2.68 bits per heavy atom. The SMILES string of the molecule is COc1ccccc1/C=C/C=C(\C#N)C(=O)Nc1ccc(Cl)cc1Cl. The van der Waals surface area contributed by atoms with Crippen LogP contribution in [-0.2, 0) is 4.79 Å². The molecule has 2 rings (SSSR count). The van der Waals surface area contributed by atoms with E-state index in [0.717, 1.165) is 5.56 Å². The highest BCUT2D eigenvalue weighted by Crippen LogP contribution is 2.25. The maximum Gasteiger partial charge on any atom is 0.266 e. The molecule has 0 saturated carbocycles. The van der Waals surface area contributed by atoms with Gasteiger partial charge in [-0.05, 0) is 30.3 Å². The van der Waals surface area contributed by atoms with Crippen LogP contribution in [0.4, 0.5) is 5.69 Å². The molecule has 0 bridgehead atoms. The van der Waals surface area contributed by atoms with Gasteiger partial charge in [0.1, 0.15) is 17.4 Å². The highest BCUT2D eigenvalue weighted by molar-refractivity contribution is 6.36. The molecule has 25 heavy (non-hydrogen) atoms. The van der Waals surface area contributed by atoms with Gasteiger partial charge in [-0.1, -0.05) is 53.6 Å². The van der Waals surface area contributed by atoms with E-state index in [0.29, 0.717) is 21.5 Å². The van der Waals surface area contributed by atoms with Gasteiger partial charge in [0.25, 0.3) is 5.91 Å². The van der Waals surface area contributed by atoms with Crippen LogP contribution in [0, 0.1) is 11.3 Å². The molecule has 1 N–H and O–H groups in total. The molecule has 0 heterocycles. The van der Waals surface area contributed by atoms with E-state index in [1.807, 2.05) is 30.3 Å². The third-order valence-electron chi connectivity index (χ3n) is 3.22. The van der Waals surface area contributed by atoms with Crippen LogP contribution in [-0.4, -0.2) is 13.0 Å². The van der Waals surface area contributed by atoms with E-state index in [-0.39, 0.29) is 5.57 Å². The lowest BCUT2D eigenvalue weighted by atomic mass is 10.1. The van der Waals surface area contributed by atoms with E-state index in [4.69, 9.17) is 27.9 Å². The fourth-order valence-corrected chi connectivity index (χ4v) is 2.45. The third-order valence-corrected chi connectivity index (χ3v) is 3.77. The predicted molar refractivity (Wildman–Crippen MR) is 101 cm³/mol. The molecule has 0 aliphatic rings. The first-order chi connectivity index (χ1) is 12.0. The lowest BCUT2D eigenvalue weighted by Gasteiger charge is -2.06. The number of nitriles is 1. The molecule has 0 aliphatic carbocycles. The molecular formula is C19H14Cl2N2O2. The number of rotatable bonds is 5. The Balaban J connectivity index is 2.15.